The third kappa shape index (κ3) is 6.04. The predicted molar refractivity (Wildman–Crippen MR) is 134 cm³/mol. The van der Waals surface area contributed by atoms with E-state index in [2.05, 4.69) is 29.8 Å². The van der Waals surface area contributed by atoms with Gasteiger partial charge in [0.05, 0.1) is 12.2 Å². The molecule has 0 saturated heterocycles. The molecule has 3 heterocycles. The Kier molecular flexibility index (Phi) is 7.81. The number of nitrogens with one attached hydrogen (secondary N) is 2. The highest BCUT2D eigenvalue weighted by atomic mass is 35.5. The average molecular weight is 609 g/mol. The zero-order chi connectivity index (χ0) is 29.5. The lowest BCUT2D eigenvalue weighted by Gasteiger charge is -2.35. The second kappa shape index (κ2) is 10.7. The fourth-order valence-corrected chi connectivity index (χ4v) is 5.65. The highest BCUT2D eigenvalue weighted by Crippen LogP contribution is 2.41. The van der Waals surface area contributed by atoms with Crippen molar-refractivity contribution in [3.05, 3.63) is 45.9 Å². The van der Waals surface area contributed by atoms with Crippen LogP contribution in [0.15, 0.2) is 38.6 Å². The summed E-state index contributed by atoms with van der Waals surface area (Å²) < 4.78 is 84.3. The van der Waals surface area contributed by atoms with E-state index >= 15 is 0 Å². The topological polar surface area (TPSA) is 162 Å². The Balaban J connectivity index is 1.66. The molecule has 4 rings (SSSR count). The van der Waals surface area contributed by atoms with Crippen LogP contribution in [0, 0.1) is 0 Å². The summed E-state index contributed by atoms with van der Waals surface area (Å²) >= 11 is 6.15. The summed E-state index contributed by atoms with van der Waals surface area (Å²) in [5, 5.41) is 9.48. The van der Waals surface area contributed by atoms with Gasteiger partial charge < -0.3 is 9.47 Å². The molecular formula is C22H24ClF3N6O7S. The Hall–Kier alpha value is -3.73. The van der Waals surface area contributed by atoms with Crippen LogP contribution in [-0.4, -0.2) is 58.9 Å². The van der Waals surface area contributed by atoms with E-state index in [4.69, 9.17) is 16.3 Å². The second-order valence-corrected chi connectivity index (χ2v) is 11.4. The number of hydrogen-bond donors (Lipinski definition) is 2. The number of rotatable bonds is 8. The third-order valence-electron chi connectivity index (χ3n) is 5.93. The van der Waals surface area contributed by atoms with Crippen molar-refractivity contribution in [3.63, 3.8) is 0 Å². The van der Waals surface area contributed by atoms with Crippen LogP contribution < -0.4 is 20.1 Å². The number of anilines is 2. The number of alkyl halides is 3. The number of aromatic amines is 1. The summed E-state index contributed by atoms with van der Waals surface area (Å²) in [5.41, 5.74) is -2.85. The molecule has 13 nitrogen and oxygen atoms in total. The van der Waals surface area contributed by atoms with E-state index in [1.165, 1.54) is 29.1 Å². The van der Waals surface area contributed by atoms with E-state index in [0.717, 1.165) is 4.31 Å². The number of halogens is 4. The number of ether oxygens (including phenoxy) is 2. The van der Waals surface area contributed by atoms with Gasteiger partial charge in [0, 0.05) is 24.8 Å². The molecule has 2 N–H and O–H groups in total. The maximum atomic E-state index is 13.8. The molecule has 1 amide bonds. The van der Waals surface area contributed by atoms with Crippen molar-refractivity contribution in [1.29, 1.82) is 0 Å². The molecule has 1 atom stereocenters. The number of H-pyrrole nitrogens is 1. The summed E-state index contributed by atoms with van der Waals surface area (Å²) in [5.74, 6) is -0.406. The normalized spacial score (nSPS) is 15.9. The average Bonchev–Trinajstić information content (AvgIpc) is 3.46. The largest absolute Gasteiger partial charge is 0.486 e. The quantitative estimate of drug-likeness (QED) is 0.388. The second-order valence-electron chi connectivity index (χ2n) is 9.20. The van der Waals surface area contributed by atoms with Crippen molar-refractivity contribution in [3.8, 4) is 5.75 Å². The van der Waals surface area contributed by atoms with Crippen LogP contribution >= 0.6 is 11.6 Å². The maximum Gasteiger partial charge on any atom is 0.438 e. The lowest BCUT2D eigenvalue weighted by Crippen LogP contribution is -2.44. The van der Waals surface area contributed by atoms with Gasteiger partial charge in [0.2, 0.25) is 5.60 Å². The van der Waals surface area contributed by atoms with Crippen molar-refractivity contribution in [1.82, 2.24) is 19.9 Å². The molecular weight excluding hydrogens is 585 g/mol. The number of benzene rings is 1. The van der Waals surface area contributed by atoms with Gasteiger partial charge >= 0.3 is 18.0 Å². The van der Waals surface area contributed by atoms with Crippen molar-refractivity contribution in [2.45, 2.75) is 62.9 Å². The molecule has 0 bridgehead atoms. The van der Waals surface area contributed by atoms with Gasteiger partial charge in [-0.1, -0.05) is 16.8 Å². The molecule has 2 aromatic heterocycles. The third-order valence-corrected chi connectivity index (χ3v) is 8.11. The monoisotopic (exact) mass is 608 g/mol. The molecule has 1 aliphatic rings. The molecule has 18 heteroatoms. The molecule has 1 aliphatic heterocycles. The molecule has 0 radical (unpaired) electrons. The van der Waals surface area contributed by atoms with E-state index in [1.807, 2.05) is 0 Å². The number of aromatic nitrogens is 4. The minimum atomic E-state index is -4.82. The molecule has 0 saturated carbocycles. The highest BCUT2D eigenvalue weighted by molar-refractivity contribution is 7.93. The van der Waals surface area contributed by atoms with Gasteiger partial charge in [-0.25, -0.2) is 18.0 Å². The Bertz CT molecular complexity index is 1570. The molecule has 1 aromatic carbocycles. The number of hydrogen-bond acceptors (Lipinski definition) is 9. The van der Waals surface area contributed by atoms with Crippen molar-refractivity contribution < 1.29 is 40.4 Å². The van der Waals surface area contributed by atoms with Crippen molar-refractivity contribution in [2.24, 2.45) is 0 Å². The van der Waals surface area contributed by atoms with Crippen LogP contribution in [0.3, 0.4) is 0 Å². The minimum absolute atomic E-state index is 0.0145. The molecule has 0 fully saturated rings. The Morgan fingerprint density at radius 1 is 1.32 bits per heavy atom. The first-order valence-corrected chi connectivity index (χ1v) is 13.6. The van der Waals surface area contributed by atoms with Crippen LogP contribution in [-0.2, 0) is 27.7 Å². The molecule has 0 aliphatic carbocycles. The first-order valence-electron chi connectivity index (χ1n) is 11.8. The van der Waals surface area contributed by atoms with Crippen molar-refractivity contribution in [2.75, 3.05) is 16.2 Å². The summed E-state index contributed by atoms with van der Waals surface area (Å²) in [4.78, 5) is 25.6. The van der Waals surface area contributed by atoms with E-state index < -0.39 is 39.8 Å². The number of fused-ring (bicyclic) bond motifs is 1. The highest BCUT2D eigenvalue weighted by Gasteiger charge is 2.51. The standard InChI is InChI=1S/C22H24ClF3N6O7S/c1-4-31-11-16(18(23)29-31)40(35,36)32-10-13(6-8-17-28-20(34)39-30-17)37-15-7-5-12(9-14(15)32)27-19(33)38-21(2,3)22(24,25)26/h5,7,9,11,13H,4,6,8,10H2,1-3H3,(H,27,33)(H,28,30,34). The Labute approximate surface area is 230 Å². The zero-order valence-electron chi connectivity index (χ0n) is 21.3. The minimum Gasteiger partial charge on any atom is -0.486 e. The SMILES string of the molecule is CCn1cc(S(=O)(=O)N2CC(CCc3noc(=O)[nH]3)Oc3ccc(NC(=O)OC(C)(C)C(F)(F)F)cc32)c(Cl)n1. The van der Waals surface area contributed by atoms with Gasteiger partial charge in [0.15, 0.2) is 11.0 Å². The van der Waals surface area contributed by atoms with E-state index in [-0.39, 0.29) is 52.4 Å². The molecule has 1 unspecified atom stereocenters. The van der Waals surface area contributed by atoms with Gasteiger partial charge in [-0.15, -0.1) is 0 Å². The van der Waals surface area contributed by atoms with Gasteiger partial charge in [-0.3, -0.25) is 23.8 Å². The smallest absolute Gasteiger partial charge is 0.438 e. The van der Waals surface area contributed by atoms with Gasteiger partial charge in [-0.05, 0) is 45.4 Å². The summed E-state index contributed by atoms with van der Waals surface area (Å²) in [7, 11) is -4.35. The molecule has 3 aromatic rings. The predicted octanol–water partition coefficient (Wildman–Crippen LogP) is 3.71. The number of sulfonamides is 1. The van der Waals surface area contributed by atoms with Crippen LogP contribution in [0.1, 0.15) is 33.0 Å². The van der Waals surface area contributed by atoms with Crippen LogP contribution in [0.25, 0.3) is 0 Å². The number of amides is 1. The maximum absolute atomic E-state index is 13.8. The first kappa shape index (κ1) is 29.3. The zero-order valence-corrected chi connectivity index (χ0v) is 22.9. The van der Waals surface area contributed by atoms with Crippen LogP contribution in [0.5, 0.6) is 5.75 Å². The molecule has 0 spiro atoms. The summed E-state index contributed by atoms with van der Waals surface area (Å²) in [6, 6.07) is 3.88. The van der Waals surface area contributed by atoms with Crippen LogP contribution in [0.2, 0.25) is 5.15 Å². The number of carbonyl (C=O) groups excluding carboxylic acids is 1. The summed E-state index contributed by atoms with van der Waals surface area (Å²) in [6.45, 7) is 3.25. The van der Waals surface area contributed by atoms with Crippen LogP contribution in [0.4, 0.5) is 29.3 Å². The first-order chi connectivity index (χ1) is 18.6. The number of carbonyl (C=O) groups is 1. The Morgan fingerprint density at radius 2 is 2.05 bits per heavy atom. The lowest BCUT2D eigenvalue weighted by atomic mass is 10.1. The summed E-state index contributed by atoms with van der Waals surface area (Å²) in [6.07, 6.45) is -5.28. The van der Waals surface area contributed by atoms with Crippen molar-refractivity contribution >= 4 is 39.1 Å². The lowest BCUT2D eigenvalue weighted by molar-refractivity contribution is -0.242. The molecule has 218 valence electrons. The van der Waals surface area contributed by atoms with Gasteiger partial charge in [0.25, 0.3) is 10.0 Å². The van der Waals surface area contributed by atoms with Gasteiger partial charge in [0.1, 0.15) is 16.7 Å². The van der Waals surface area contributed by atoms with E-state index in [0.29, 0.717) is 20.4 Å². The Morgan fingerprint density at radius 3 is 2.65 bits per heavy atom. The number of aryl methyl sites for hydroxylation is 2. The molecule has 40 heavy (non-hydrogen) atoms. The van der Waals surface area contributed by atoms with E-state index in [1.54, 1.807) is 6.92 Å². The fraction of sp³-hybridized carbons (Fsp3) is 0.455. The van der Waals surface area contributed by atoms with Gasteiger partial charge in [-0.2, -0.15) is 18.3 Å². The number of nitrogens with zero attached hydrogens (tertiary/aromatic N) is 4. The fourth-order valence-electron chi connectivity index (χ4n) is 3.70. The van der Waals surface area contributed by atoms with E-state index in [9.17, 15) is 31.2 Å².